The molecule has 9 aromatic carbocycles. The summed E-state index contributed by atoms with van der Waals surface area (Å²) >= 11 is 0. The van der Waals surface area contributed by atoms with Crippen LogP contribution in [0.4, 0.5) is 34.1 Å². The lowest BCUT2D eigenvalue weighted by Gasteiger charge is -2.34. The second-order valence-corrected chi connectivity index (χ2v) is 18.7. The monoisotopic (exact) mass is 836 g/mol. The van der Waals surface area contributed by atoms with Gasteiger partial charge in [-0.15, -0.1) is 0 Å². The number of nitrogens with zero attached hydrogens (tertiary/aromatic N) is 2. The topological polar surface area (TPSA) is 6.48 Å². The summed E-state index contributed by atoms with van der Waals surface area (Å²) in [7, 11) is 0. The molecule has 2 unspecified atom stereocenters. The van der Waals surface area contributed by atoms with Crippen LogP contribution in [0.1, 0.15) is 37.7 Å². The molecule has 314 valence electrons. The molecular formula is C63H52N2. The van der Waals surface area contributed by atoms with Crippen LogP contribution < -0.4 is 9.80 Å². The molecule has 4 aliphatic rings. The molecule has 0 aliphatic heterocycles. The summed E-state index contributed by atoms with van der Waals surface area (Å²) in [5, 5.41) is 0. The maximum absolute atomic E-state index is 2.47. The Morgan fingerprint density at radius 1 is 0.292 bits per heavy atom. The van der Waals surface area contributed by atoms with E-state index in [1.165, 1.54) is 82.3 Å². The van der Waals surface area contributed by atoms with Gasteiger partial charge in [-0.1, -0.05) is 170 Å². The summed E-state index contributed by atoms with van der Waals surface area (Å²) in [5.41, 5.74) is 18.4. The number of rotatable bonds is 11. The third-order valence-electron chi connectivity index (χ3n) is 15.0. The molecule has 0 aromatic heterocycles. The molecule has 4 bridgehead atoms. The summed E-state index contributed by atoms with van der Waals surface area (Å²) in [6.45, 7) is 0. The highest BCUT2D eigenvalue weighted by molar-refractivity contribution is 5.89. The van der Waals surface area contributed by atoms with Gasteiger partial charge in [0.1, 0.15) is 0 Å². The van der Waals surface area contributed by atoms with Gasteiger partial charge >= 0.3 is 0 Å². The quantitative estimate of drug-likeness (QED) is 0.128. The Bertz CT molecular complexity index is 3020. The van der Waals surface area contributed by atoms with Gasteiger partial charge in [-0.05, 0) is 167 Å². The van der Waals surface area contributed by atoms with Gasteiger partial charge in [-0.2, -0.15) is 0 Å². The van der Waals surface area contributed by atoms with Crippen LogP contribution in [0.2, 0.25) is 0 Å². The Labute approximate surface area is 384 Å². The number of anilines is 6. The molecule has 0 radical (unpaired) electrons. The molecule has 65 heavy (non-hydrogen) atoms. The third-order valence-corrected chi connectivity index (χ3v) is 15.0. The van der Waals surface area contributed by atoms with Crippen LogP contribution in [-0.2, 0) is 5.41 Å². The average molecular weight is 837 g/mol. The maximum atomic E-state index is 2.47. The van der Waals surface area contributed by atoms with E-state index in [2.05, 4.69) is 246 Å². The highest BCUT2D eigenvalue weighted by Crippen LogP contribution is 2.66. The van der Waals surface area contributed by atoms with Crippen LogP contribution in [0, 0.1) is 17.8 Å². The molecule has 0 saturated heterocycles. The molecule has 13 rings (SSSR count). The van der Waals surface area contributed by atoms with Crippen molar-refractivity contribution in [1.82, 2.24) is 0 Å². The van der Waals surface area contributed by atoms with Crippen LogP contribution >= 0.6 is 0 Å². The smallest absolute Gasteiger partial charge is 0.0540 e. The largest absolute Gasteiger partial charge is 0.311 e. The van der Waals surface area contributed by atoms with Crippen molar-refractivity contribution in [3.05, 3.63) is 242 Å². The molecule has 4 saturated carbocycles. The molecule has 4 aliphatic carbocycles. The highest BCUT2D eigenvalue weighted by atomic mass is 15.1. The minimum absolute atomic E-state index is 0.404. The number of hydrogen-bond acceptors (Lipinski definition) is 2. The zero-order valence-corrected chi connectivity index (χ0v) is 36.7. The maximum Gasteiger partial charge on any atom is 0.0540 e. The standard InChI is InChI=1S/C63H52N2/c1-4-12-47(13-5-1)49-20-30-56(31-21-49)64(58-38-28-54(29-39-58)63-43-45-40-46(44-63)42-55(63)41-45)57-32-22-51(23-33-57)52-26-36-60(37-27-52)65(59-34-24-50(25-35-59)48-14-6-2-7-15-48)62-19-11-10-18-61(62)53-16-8-3-9-17-53/h1-39,45-46,55H,40-44H2. The van der Waals surface area contributed by atoms with E-state index in [1.54, 1.807) is 5.56 Å². The minimum Gasteiger partial charge on any atom is -0.311 e. The van der Waals surface area contributed by atoms with E-state index >= 15 is 0 Å². The summed E-state index contributed by atoms with van der Waals surface area (Å²) < 4.78 is 0. The van der Waals surface area contributed by atoms with Crippen molar-refractivity contribution >= 4 is 34.1 Å². The number of para-hydroxylation sites is 1. The minimum atomic E-state index is 0.404. The summed E-state index contributed by atoms with van der Waals surface area (Å²) in [4.78, 5) is 4.81. The third kappa shape index (κ3) is 7.34. The fraction of sp³-hybridized carbons (Fsp3) is 0.143. The van der Waals surface area contributed by atoms with E-state index in [9.17, 15) is 0 Å². The second-order valence-electron chi connectivity index (χ2n) is 18.7. The SMILES string of the molecule is c1ccc(-c2ccc(N(c3ccc(-c4ccc(N(c5ccc(-c6ccccc6)cc5)c5ccccc5-c5ccccc5)cc4)cc3)c3ccc(C45CC6CC(CC4C6)C5)cc3)cc2)cc1. The Kier molecular flexibility index (Phi) is 10.0. The number of hydrogen-bond donors (Lipinski definition) is 0. The predicted octanol–water partition coefficient (Wildman–Crippen LogP) is 17.4. The van der Waals surface area contributed by atoms with E-state index in [1.807, 2.05) is 0 Å². The van der Waals surface area contributed by atoms with Crippen molar-refractivity contribution in [2.75, 3.05) is 9.80 Å². The predicted molar refractivity (Wildman–Crippen MR) is 273 cm³/mol. The van der Waals surface area contributed by atoms with E-state index in [0.29, 0.717) is 5.41 Å². The molecule has 9 aromatic rings. The van der Waals surface area contributed by atoms with Crippen LogP contribution in [0.5, 0.6) is 0 Å². The first kappa shape index (κ1) is 39.2. The molecule has 2 heteroatoms. The normalized spacial score (nSPS) is 19.3. The Morgan fingerprint density at radius 3 is 1.06 bits per heavy atom. The van der Waals surface area contributed by atoms with Gasteiger partial charge < -0.3 is 9.80 Å². The molecule has 0 amide bonds. The van der Waals surface area contributed by atoms with Gasteiger partial charge in [0.05, 0.1) is 5.69 Å². The lowest BCUT2D eigenvalue weighted by atomic mass is 9.71. The zero-order chi connectivity index (χ0) is 43.2. The summed E-state index contributed by atoms with van der Waals surface area (Å²) in [5.74, 6) is 2.75. The van der Waals surface area contributed by atoms with Crippen LogP contribution in [0.15, 0.2) is 237 Å². The molecule has 4 fully saturated rings. The van der Waals surface area contributed by atoms with Gasteiger partial charge in [0.2, 0.25) is 0 Å². The average Bonchev–Trinajstić information content (AvgIpc) is 3.79. The van der Waals surface area contributed by atoms with Crippen molar-refractivity contribution in [1.29, 1.82) is 0 Å². The van der Waals surface area contributed by atoms with Crippen molar-refractivity contribution in [2.24, 2.45) is 17.8 Å². The zero-order valence-electron chi connectivity index (χ0n) is 36.7. The van der Waals surface area contributed by atoms with Crippen LogP contribution in [-0.4, -0.2) is 0 Å². The first-order valence-electron chi connectivity index (χ1n) is 23.5. The van der Waals surface area contributed by atoms with Gasteiger partial charge in [0.25, 0.3) is 0 Å². The fourth-order valence-corrected chi connectivity index (χ4v) is 12.1. The molecular weight excluding hydrogens is 785 g/mol. The van der Waals surface area contributed by atoms with E-state index < -0.39 is 0 Å². The second kappa shape index (κ2) is 16.6. The first-order valence-corrected chi connectivity index (χ1v) is 23.5. The van der Waals surface area contributed by atoms with Gasteiger partial charge in [0, 0.05) is 34.0 Å². The van der Waals surface area contributed by atoms with E-state index in [4.69, 9.17) is 0 Å². The van der Waals surface area contributed by atoms with Crippen molar-refractivity contribution in [3.63, 3.8) is 0 Å². The molecule has 0 N–H and O–H groups in total. The van der Waals surface area contributed by atoms with Crippen molar-refractivity contribution in [2.45, 2.75) is 37.5 Å². The highest BCUT2D eigenvalue weighted by Gasteiger charge is 2.58. The molecule has 2 atom stereocenters. The van der Waals surface area contributed by atoms with Crippen molar-refractivity contribution in [3.8, 4) is 44.5 Å². The molecule has 2 nitrogen and oxygen atoms in total. The van der Waals surface area contributed by atoms with Crippen LogP contribution in [0.25, 0.3) is 44.5 Å². The lowest BCUT2D eigenvalue weighted by Crippen LogP contribution is -2.27. The Hall–Kier alpha value is -7.42. The number of benzene rings is 9. The first-order chi connectivity index (χ1) is 32.1. The Morgan fingerprint density at radius 2 is 0.631 bits per heavy atom. The van der Waals surface area contributed by atoms with Gasteiger partial charge in [-0.3, -0.25) is 0 Å². The van der Waals surface area contributed by atoms with E-state index in [0.717, 1.165) is 46.2 Å². The van der Waals surface area contributed by atoms with Gasteiger partial charge in [-0.25, -0.2) is 0 Å². The molecule has 0 spiro atoms. The summed E-state index contributed by atoms with van der Waals surface area (Å²) in [6, 6.07) is 86.6. The van der Waals surface area contributed by atoms with Crippen molar-refractivity contribution < 1.29 is 0 Å². The Balaban J connectivity index is 0.873. The van der Waals surface area contributed by atoms with E-state index in [-0.39, 0.29) is 0 Å². The fourth-order valence-electron chi connectivity index (χ4n) is 12.1. The molecule has 0 heterocycles. The summed E-state index contributed by atoms with van der Waals surface area (Å²) in [6.07, 6.45) is 7.13. The van der Waals surface area contributed by atoms with Crippen LogP contribution in [0.3, 0.4) is 0 Å². The van der Waals surface area contributed by atoms with Gasteiger partial charge in [0.15, 0.2) is 0 Å². The lowest BCUT2D eigenvalue weighted by molar-refractivity contribution is 0.266.